The van der Waals surface area contributed by atoms with Crippen LogP contribution in [0.3, 0.4) is 0 Å². The van der Waals surface area contributed by atoms with E-state index in [9.17, 15) is 5.11 Å². The van der Waals surface area contributed by atoms with Gasteiger partial charge in [-0.2, -0.15) is 4.37 Å². The van der Waals surface area contributed by atoms with Gasteiger partial charge in [-0.25, -0.2) is 0 Å². The highest BCUT2D eigenvalue weighted by atomic mass is 32.1. The summed E-state index contributed by atoms with van der Waals surface area (Å²) in [6.07, 6.45) is 8.92. The summed E-state index contributed by atoms with van der Waals surface area (Å²) in [5.41, 5.74) is 7.32. The van der Waals surface area contributed by atoms with Crippen molar-refractivity contribution in [2.75, 3.05) is 23.8 Å². The van der Waals surface area contributed by atoms with Crippen molar-refractivity contribution in [3.8, 4) is 0 Å². The molecule has 0 radical (unpaired) electrons. The minimum atomic E-state index is 0.207. The van der Waals surface area contributed by atoms with Gasteiger partial charge in [0.2, 0.25) is 0 Å². The normalized spacial score (nSPS) is 20.7. The van der Waals surface area contributed by atoms with Gasteiger partial charge in [0.1, 0.15) is 10.8 Å². The van der Waals surface area contributed by atoms with E-state index in [2.05, 4.69) is 9.27 Å². The fourth-order valence-electron chi connectivity index (χ4n) is 3.21. The van der Waals surface area contributed by atoms with Gasteiger partial charge in [-0.05, 0) is 43.1 Å². The Morgan fingerprint density at radius 1 is 1.21 bits per heavy atom. The minimum Gasteiger partial charge on any atom is -0.395 e. The van der Waals surface area contributed by atoms with Crippen LogP contribution in [0.4, 0.5) is 10.8 Å². The maximum Gasteiger partial charge on any atom is 0.142 e. The van der Waals surface area contributed by atoms with Crippen molar-refractivity contribution < 1.29 is 5.11 Å². The first kappa shape index (κ1) is 13.2. The molecule has 0 saturated heterocycles. The first-order valence-electron chi connectivity index (χ1n) is 7.43. The van der Waals surface area contributed by atoms with E-state index in [1.54, 1.807) is 0 Å². The molecule has 0 spiro atoms. The number of nitrogens with two attached hydrogens (primary N) is 1. The van der Waals surface area contributed by atoms with Crippen molar-refractivity contribution >= 4 is 22.4 Å². The van der Waals surface area contributed by atoms with E-state index >= 15 is 0 Å². The second-order valence-electron chi connectivity index (χ2n) is 5.77. The second kappa shape index (κ2) is 5.67. The van der Waals surface area contributed by atoms with Crippen LogP contribution in [-0.2, 0) is 0 Å². The van der Waals surface area contributed by atoms with Crippen molar-refractivity contribution in [1.82, 2.24) is 4.37 Å². The van der Waals surface area contributed by atoms with E-state index in [1.807, 2.05) is 0 Å². The molecular weight excluding hydrogens is 258 g/mol. The minimum absolute atomic E-state index is 0.207. The van der Waals surface area contributed by atoms with Crippen LogP contribution in [0, 0.1) is 0 Å². The maximum atomic E-state index is 9.39. The van der Waals surface area contributed by atoms with Crippen LogP contribution >= 0.6 is 11.5 Å². The Balaban J connectivity index is 1.86. The molecule has 0 unspecified atom stereocenters. The zero-order valence-electron chi connectivity index (χ0n) is 11.3. The van der Waals surface area contributed by atoms with Crippen molar-refractivity contribution in [1.29, 1.82) is 0 Å². The number of aliphatic hydroxyl groups excluding tert-OH is 1. The molecule has 2 fully saturated rings. The third-order valence-electron chi connectivity index (χ3n) is 4.34. The fraction of sp³-hybridized carbons (Fsp3) is 0.786. The largest absolute Gasteiger partial charge is 0.395 e. The van der Waals surface area contributed by atoms with Gasteiger partial charge in [-0.1, -0.05) is 19.3 Å². The lowest BCUT2D eigenvalue weighted by Gasteiger charge is -2.35. The molecule has 0 bridgehead atoms. The van der Waals surface area contributed by atoms with Crippen LogP contribution in [-0.4, -0.2) is 28.7 Å². The molecule has 106 valence electrons. The molecule has 2 saturated carbocycles. The van der Waals surface area contributed by atoms with Crippen LogP contribution < -0.4 is 10.6 Å². The molecule has 19 heavy (non-hydrogen) atoms. The highest BCUT2D eigenvalue weighted by Gasteiger charge is 2.34. The summed E-state index contributed by atoms with van der Waals surface area (Å²) in [6, 6.07) is 0.568. The first-order valence-corrected chi connectivity index (χ1v) is 8.21. The predicted molar refractivity (Wildman–Crippen MR) is 79.8 cm³/mol. The summed E-state index contributed by atoms with van der Waals surface area (Å²) >= 11 is 1.53. The second-order valence-corrected chi connectivity index (χ2v) is 6.52. The highest BCUT2D eigenvalue weighted by molar-refractivity contribution is 7.10. The number of aliphatic hydroxyl groups is 1. The molecule has 2 aliphatic rings. The molecule has 3 N–H and O–H groups in total. The lowest BCUT2D eigenvalue weighted by Crippen LogP contribution is -2.38. The average Bonchev–Trinajstić information content (AvgIpc) is 3.20. The van der Waals surface area contributed by atoms with E-state index < -0.39 is 0 Å². The lowest BCUT2D eigenvalue weighted by molar-refractivity contribution is 0.290. The predicted octanol–water partition coefficient (Wildman–Crippen LogP) is 2.73. The fourth-order valence-corrected chi connectivity index (χ4v) is 4.21. The Morgan fingerprint density at radius 3 is 2.58 bits per heavy atom. The molecule has 5 heteroatoms. The van der Waals surface area contributed by atoms with Crippen LogP contribution in [0.15, 0.2) is 0 Å². The average molecular weight is 281 g/mol. The van der Waals surface area contributed by atoms with Gasteiger partial charge in [0, 0.05) is 18.2 Å². The van der Waals surface area contributed by atoms with Crippen LogP contribution in [0.5, 0.6) is 0 Å². The number of nitrogens with zero attached hydrogens (tertiary/aromatic N) is 2. The molecule has 1 aromatic heterocycles. The zero-order chi connectivity index (χ0) is 13.2. The summed E-state index contributed by atoms with van der Waals surface area (Å²) in [5, 5.41) is 10.6. The quantitative estimate of drug-likeness (QED) is 0.871. The molecular formula is C14H23N3OS. The van der Waals surface area contributed by atoms with Gasteiger partial charge in [-0.15, -0.1) is 0 Å². The molecule has 0 aromatic carbocycles. The smallest absolute Gasteiger partial charge is 0.142 e. The van der Waals surface area contributed by atoms with Crippen molar-refractivity contribution in [3.05, 3.63) is 5.56 Å². The monoisotopic (exact) mass is 281 g/mol. The molecule has 1 heterocycles. The summed E-state index contributed by atoms with van der Waals surface area (Å²) in [4.78, 5) is 2.39. The topological polar surface area (TPSA) is 62.4 Å². The summed E-state index contributed by atoms with van der Waals surface area (Å²) in [5.74, 6) is 1.35. The van der Waals surface area contributed by atoms with E-state index in [4.69, 9.17) is 5.73 Å². The van der Waals surface area contributed by atoms with Crippen LogP contribution in [0.1, 0.15) is 56.4 Å². The molecule has 1 aromatic rings. The summed E-state index contributed by atoms with van der Waals surface area (Å²) < 4.78 is 4.37. The maximum absolute atomic E-state index is 9.39. The van der Waals surface area contributed by atoms with Gasteiger partial charge in [0.25, 0.3) is 0 Å². The SMILES string of the molecule is Nc1nsc(N(CCO)C2CCCCC2)c1C1CC1. The Labute approximate surface area is 118 Å². The number of hydrogen-bond donors (Lipinski definition) is 2. The van der Waals surface area contributed by atoms with E-state index in [-0.39, 0.29) is 6.61 Å². The number of aromatic nitrogens is 1. The van der Waals surface area contributed by atoms with E-state index in [0.717, 1.165) is 5.82 Å². The molecule has 3 rings (SSSR count). The highest BCUT2D eigenvalue weighted by Crippen LogP contribution is 2.49. The lowest BCUT2D eigenvalue weighted by atomic mass is 9.94. The Morgan fingerprint density at radius 2 is 1.95 bits per heavy atom. The first-order chi connectivity index (χ1) is 9.31. The van der Waals surface area contributed by atoms with E-state index in [1.165, 1.54) is 67.0 Å². The van der Waals surface area contributed by atoms with Crippen molar-refractivity contribution in [2.45, 2.75) is 56.9 Å². The van der Waals surface area contributed by atoms with Crippen LogP contribution in [0.2, 0.25) is 0 Å². The molecule has 0 atom stereocenters. The van der Waals surface area contributed by atoms with Gasteiger partial charge in [0.15, 0.2) is 0 Å². The van der Waals surface area contributed by atoms with Gasteiger partial charge in [0.05, 0.1) is 6.61 Å². The zero-order valence-corrected chi connectivity index (χ0v) is 12.2. The molecule has 4 nitrogen and oxygen atoms in total. The molecule has 0 amide bonds. The Hall–Kier alpha value is -0.810. The van der Waals surface area contributed by atoms with Gasteiger partial charge >= 0.3 is 0 Å². The van der Waals surface area contributed by atoms with Crippen molar-refractivity contribution in [3.63, 3.8) is 0 Å². The summed E-state index contributed by atoms with van der Waals surface area (Å²) in [7, 11) is 0. The Kier molecular flexibility index (Phi) is 3.93. The van der Waals surface area contributed by atoms with E-state index in [0.29, 0.717) is 18.5 Å². The Bertz CT molecular complexity index is 424. The third kappa shape index (κ3) is 2.72. The van der Waals surface area contributed by atoms with Crippen LogP contribution in [0.25, 0.3) is 0 Å². The van der Waals surface area contributed by atoms with Gasteiger partial charge < -0.3 is 15.7 Å². The molecule has 0 aliphatic heterocycles. The standard InChI is InChI=1S/C14H23N3OS/c15-13-12(10-6-7-10)14(19-16-13)17(8-9-18)11-4-2-1-3-5-11/h10-11,18H,1-9H2,(H2,15,16). The number of rotatable bonds is 5. The number of anilines is 2. The number of nitrogen functional groups attached to an aromatic ring is 1. The van der Waals surface area contributed by atoms with Crippen molar-refractivity contribution in [2.24, 2.45) is 0 Å². The third-order valence-corrected chi connectivity index (χ3v) is 5.25. The summed E-state index contributed by atoms with van der Waals surface area (Å²) in [6.45, 7) is 0.921. The molecule has 2 aliphatic carbocycles. The number of hydrogen-bond acceptors (Lipinski definition) is 5. The van der Waals surface area contributed by atoms with Gasteiger partial charge in [-0.3, -0.25) is 0 Å².